The van der Waals surface area contributed by atoms with E-state index in [0.29, 0.717) is 19.1 Å². The third kappa shape index (κ3) is 3.46. The first-order valence-corrected chi connectivity index (χ1v) is 10.1. The third-order valence-electron chi connectivity index (χ3n) is 5.05. The number of sulfonamides is 1. The second-order valence-electron chi connectivity index (χ2n) is 6.43. The molecule has 2 fully saturated rings. The van der Waals surface area contributed by atoms with Crippen molar-refractivity contribution in [2.24, 2.45) is 0 Å². The number of rotatable bonds is 4. The number of piperidine rings is 1. The second kappa shape index (κ2) is 7.25. The van der Waals surface area contributed by atoms with Gasteiger partial charge in [0, 0.05) is 25.2 Å². The first kappa shape index (κ1) is 18.1. The van der Waals surface area contributed by atoms with Gasteiger partial charge in [0.25, 0.3) is 0 Å². The molecule has 1 aromatic carbocycles. The van der Waals surface area contributed by atoms with Gasteiger partial charge in [-0.25, -0.2) is 12.8 Å². The van der Waals surface area contributed by atoms with Crippen molar-refractivity contribution in [3.05, 3.63) is 29.0 Å². The molecular weight excluding hydrogens is 355 g/mol. The molecule has 0 spiro atoms. The van der Waals surface area contributed by atoms with Gasteiger partial charge < -0.3 is 5.11 Å². The molecule has 2 heterocycles. The van der Waals surface area contributed by atoms with E-state index in [1.807, 2.05) is 0 Å². The Hall–Kier alpha value is -0.730. The zero-order valence-electron chi connectivity index (χ0n) is 13.4. The Kier molecular flexibility index (Phi) is 5.46. The van der Waals surface area contributed by atoms with Crippen molar-refractivity contribution in [3.63, 3.8) is 0 Å². The molecule has 0 aromatic heterocycles. The molecule has 0 radical (unpaired) electrons. The van der Waals surface area contributed by atoms with E-state index in [-0.39, 0.29) is 22.6 Å². The van der Waals surface area contributed by atoms with E-state index in [1.165, 1.54) is 16.4 Å². The highest BCUT2D eigenvalue weighted by Crippen LogP contribution is 2.29. The van der Waals surface area contributed by atoms with E-state index in [2.05, 4.69) is 4.90 Å². The van der Waals surface area contributed by atoms with E-state index in [0.717, 1.165) is 38.3 Å². The summed E-state index contributed by atoms with van der Waals surface area (Å²) >= 11 is 5.71. The molecule has 0 bridgehead atoms. The van der Waals surface area contributed by atoms with Gasteiger partial charge in [0.1, 0.15) is 5.82 Å². The maximum atomic E-state index is 13.3. The number of hydrogen-bond acceptors (Lipinski definition) is 4. The normalized spacial score (nSPS) is 24.5. The summed E-state index contributed by atoms with van der Waals surface area (Å²) in [6.45, 7) is 1.98. The average Bonchev–Trinajstić information content (AvgIpc) is 3.06. The van der Waals surface area contributed by atoms with Crippen molar-refractivity contribution >= 4 is 21.6 Å². The van der Waals surface area contributed by atoms with Gasteiger partial charge in [0.05, 0.1) is 16.5 Å². The molecule has 24 heavy (non-hydrogen) atoms. The average molecular weight is 377 g/mol. The Labute approximate surface area is 147 Å². The summed E-state index contributed by atoms with van der Waals surface area (Å²) < 4.78 is 40.1. The zero-order valence-corrected chi connectivity index (χ0v) is 14.9. The minimum Gasteiger partial charge on any atom is -0.395 e. The molecule has 1 aromatic rings. The Morgan fingerprint density at radius 1 is 1.21 bits per heavy atom. The van der Waals surface area contributed by atoms with Crippen LogP contribution in [-0.4, -0.2) is 61.1 Å². The molecule has 0 saturated carbocycles. The van der Waals surface area contributed by atoms with Gasteiger partial charge in [-0.2, -0.15) is 4.31 Å². The number of aliphatic hydroxyl groups is 1. The highest BCUT2D eigenvalue weighted by Gasteiger charge is 2.35. The van der Waals surface area contributed by atoms with E-state index in [1.54, 1.807) is 0 Å². The lowest BCUT2D eigenvalue weighted by molar-refractivity contribution is 0.0899. The van der Waals surface area contributed by atoms with Gasteiger partial charge in [-0.3, -0.25) is 4.90 Å². The lowest BCUT2D eigenvalue weighted by Gasteiger charge is -2.38. The van der Waals surface area contributed by atoms with Crippen LogP contribution in [0.15, 0.2) is 23.1 Å². The number of likely N-dealkylation sites (tertiary alicyclic amines) is 1. The summed E-state index contributed by atoms with van der Waals surface area (Å²) in [5, 5.41) is 9.27. The first-order chi connectivity index (χ1) is 11.4. The van der Waals surface area contributed by atoms with E-state index in [9.17, 15) is 17.9 Å². The summed E-state index contributed by atoms with van der Waals surface area (Å²) in [5.41, 5.74) is 0. The number of nitrogens with zero attached hydrogens (tertiary/aromatic N) is 2. The molecule has 2 saturated heterocycles. The second-order valence-corrected chi connectivity index (χ2v) is 8.77. The molecule has 0 aliphatic carbocycles. The van der Waals surface area contributed by atoms with Crippen molar-refractivity contribution in [2.45, 2.75) is 42.7 Å². The largest absolute Gasteiger partial charge is 0.395 e. The fourth-order valence-electron chi connectivity index (χ4n) is 3.74. The predicted octanol–water partition coefficient (Wildman–Crippen LogP) is 2.09. The summed E-state index contributed by atoms with van der Waals surface area (Å²) in [7, 11) is -3.65. The summed E-state index contributed by atoms with van der Waals surface area (Å²) in [6.07, 6.45) is 3.57. The number of hydrogen-bond donors (Lipinski definition) is 1. The predicted molar refractivity (Wildman–Crippen MR) is 90.0 cm³/mol. The van der Waals surface area contributed by atoms with Gasteiger partial charge in [-0.15, -0.1) is 0 Å². The SMILES string of the molecule is O=S(=O)(c1ccc(F)c(Cl)c1)N1CCC(N2CCC[C@H]2CO)CC1. The van der Waals surface area contributed by atoms with Crippen LogP contribution in [0, 0.1) is 5.82 Å². The fraction of sp³-hybridized carbons (Fsp3) is 0.625. The minimum absolute atomic E-state index is 0.0294. The van der Waals surface area contributed by atoms with Crippen molar-refractivity contribution in [2.75, 3.05) is 26.2 Å². The van der Waals surface area contributed by atoms with Crippen molar-refractivity contribution in [1.82, 2.24) is 9.21 Å². The van der Waals surface area contributed by atoms with Gasteiger partial charge in [0.2, 0.25) is 10.0 Å². The van der Waals surface area contributed by atoms with Crippen LogP contribution in [0.2, 0.25) is 5.02 Å². The number of halogens is 2. The Balaban J connectivity index is 1.68. The summed E-state index contributed by atoms with van der Waals surface area (Å²) in [4.78, 5) is 2.35. The van der Waals surface area contributed by atoms with Crippen molar-refractivity contribution in [3.8, 4) is 0 Å². The molecule has 8 heteroatoms. The van der Waals surface area contributed by atoms with Crippen LogP contribution >= 0.6 is 11.6 Å². The lowest BCUT2D eigenvalue weighted by atomic mass is 10.0. The van der Waals surface area contributed by atoms with E-state index in [4.69, 9.17) is 11.6 Å². The van der Waals surface area contributed by atoms with Crippen molar-refractivity contribution in [1.29, 1.82) is 0 Å². The molecule has 2 aliphatic rings. The first-order valence-electron chi connectivity index (χ1n) is 8.25. The van der Waals surface area contributed by atoms with E-state index < -0.39 is 15.8 Å². The molecule has 5 nitrogen and oxygen atoms in total. The molecule has 1 atom stereocenters. The molecule has 3 rings (SSSR count). The highest BCUT2D eigenvalue weighted by atomic mass is 35.5. The van der Waals surface area contributed by atoms with Crippen molar-refractivity contribution < 1.29 is 17.9 Å². The number of aliphatic hydroxyl groups excluding tert-OH is 1. The standard InChI is InChI=1S/C16H22ClFN2O3S/c17-15-10-14(3-4-16(15)18)24(22,23)19-8-5-12(6-9-19)20-7-1-2-13(20)11-21/h3-4,10,12-13,21H,1-2,5-9,11H2/t13-/m0/s1. The highest BCUT2D eigenvalue weighted by molar-refractivity contribution is 7.89. The molecule has 0 unspecified atom stereocenters. The maximum absolute atomic E-state index is 13.3. The van der Waals surface area contributed by atoms with Gasteiger partial charge >= 0.3 is 0 Å². The van der Waals surface area contributed by atoms with Crippen LogP contribution in [0.4, 0.5) is 4.39 Å². The molecule has 1 N–H and O–H groups in total. The summed E-state index contributed by atoms with van der Waals surface area (Å²) in [5.74, 6) is -0.626. The quantitative estimate of drug-likeness (QED) is 0.874. The molecular formula is C16H22ClFN2O3S. The fourth-order valence-corrected chi connectivity index (χ4v) is 5.48. The topological polar surface area (TPSA) is 60.9 Å². The molecule has 0 amide bonds. The van der Waals surface area contributed by atoms with Crippen LogP contribution in [0.25, 0.3) is 0 Å². The van der Waals surface area contributed by atoms with Gasteiger partial charge in [-0.1, -0.05) is 11.6 Å². The zero-order chi connectivity index (χ0) is 17.3. The summed E-state index contributed by atoms with van der Waals surface area (Å²) in [6, 6.07) is 4.02. The van der Waals surface area contributed by atoms with Crippen LogP contribution < -0.4 is 0 Å². The Morgan fingerprint density at radius 2 is 1.92 bits per heavy atom. The monoisotopic (exact) mass is 376 g/mol. The molecule has 2 aliphatic heterocycles. The van der Waals surface area contributed by atoms with Crippen LogP contribution in [-0.2, 0) is 10.0 Å². The van der Waals surface area contributed by atoms with Crippen LogP contribution in [0.5, 0.6) is 0 Å². The smallest absolute Gasteiger partial charge is 0.243 e. The maximum Gasteiger partial charge on any atom is 0.243 e. The van der Waals surface area contributed by atoms with E-state index >= 15 is 0 Å². The Bertz CT molecular complexity index is 693. The Morgan fingerprint density at radius 3 is 2.54 bits per heavy atom. The lowest BCUT2D eigenvalue weighted by Crippen LogP contribution is -2.48. The minimum atomic E-state index is -3.65. The molecule has 134 valence electrons. The van der Waals surface area contributed by atoms with Crippen LogP contribution in [0.1, 0.15) is 25.7 Å². The number of benzene rings is 1. The third-order valence-corrected chi connectivity index (χ3v) is 7.24. The van der Waals surface area contributed by atoms with Crippen LogP contribution in [0.3, 0.4) is 0 Å². The van der Waals surface area contributed by atoms with Gasteiger partial charge in [-0.05, 0) is 50.4 Å². The van der Waals surface area contributed by atoms with Gasteiger partial charge in [0.15, 0.2) is 0 Å².